The molecular formula is C18H36N2O3S. The van der Waals surface area contributed by atoms with Gasteiger partial charge in [0.05, 0.1) is 18.6 Å². The maximum absolute atomic E-state index is 12.9. The van der Waals surface area contributed by atoms with Gasteiger partial charge in [0, 0.05) is 19.3 Å². The minimum atomic E-state index is -0.763. The number of rotatable bonds is 14. The number of carbonyl (C=O) groups excluding carboxylic acids is 2. The van der Waals surface area contributed by atoms with Gasteiger partial charge in [-0.1, -0.05) is 52.4 Å². The van der Waals surface area contributed by atoms with Crippen molar-refractivity contribution < 1.29 is 14.7 Å². The van der Waals surface area contributed by atoms with Crippen LogP contribution in [0.25, 0.3) is 0 Å². The standard InChI is InChI=1S/C18H36N2O3S/c1-4-6-8-9-10-11-15(16(21)14-24)18(23)20(12-7-5-2)13-17(22)19-3/h15-16,21,24H,4-14H2,1-3H3,(H,19,22)/t15?,16-/m0/s1. The van der Waals surface area contributed by atoms with Gasteiger partial charge in [-0.3, -0.25) is 9.59 Å². The molecule has 24 heavy (non-hydrogen) atoms. The van der Waals surface area contributed by atoms with Gasteiger partial charge in [0.15, 0.2) is 0 Å². The molecule has 0 aromatic heterocycles. The maximum Gasteiger partial charge on any atom is 0.239 e. The van der Waals surface area contributed by atoms with Crippen LogP contribution < -0.4 is 5.32 Å². The number of nitrogens with zero attached hydrogens (tertiary/aromatic N) is 1. The van der Waals surface area contributed by atoms with E-state index in [2.05, 4.69) is 31.8 Å². The average molecular weight is 361 g/mol. The summed E-state index contributed by atoms with van der Waals surface area (Å²) in [5, 5.41) is 12.8. The Morgan fingerprint density at radius 3 is 2.25 bits per heavy atom. The summed E-state index contributed by atoms with van der Waals surface area (Å²) in [7, 11) is 1.57. The molecule has 0 aliphatic rings. The molecule has 5 nitrogen and oxygen atoms in total. The molecule has 0 radical (unpaired) electrons. The van der Waals surface area contributed by atoms with Crippen molar-refractivity contribution in [3.8, 4) is 0 Å². The Hall–Kier alpha value is -0.750. The SMILES string of the molecule is CCCCCCCC(C(=O)N(CCCC)CC(=O)NC)[C@@H](O)CS. The minimum Gasteiger partial charge on any atom is -0.391 e. The zero-order valence-electron chi connectivity index (χ0n) is 15.6. The second-order valence-corrected chi connectivity index (χ2v) is 6.71. The lowest BCUT2D eigenvalue weighted by Crippen LogP contribution is -2.46. The van der Waals surface area contributed by atoms with Crippen LogP contribution in [0.4, 0.5) is 0 Å². The highest BCUT2D eigenvalue weighted by atomic mass is 32.1. The van der Waals surface area contributed by atoms with E-state index >= 15 is 0 Å². The first-order valence-corrected chi connectivity index (χ1v) is 9.93. The highest BCUT2D eigenvalue weighted by Crippen LogP contribution is 2.19. The first-order chi connectivity index (χ1) is 11.5. The fraction of sp³-hybridized carbons (Fsp3) is 0.889. The van der Waals surface area contributed by atoms with Crippen molar-refractivity contribution in [2.75, 3.05) is 25.9 Å². The third-order valence-corrected chi connectivity index (χ3v) is 4.67. The number of amides is 2. The van der Waals surface area contributed by atoms with Gasteiger partial charge in [0.1, 0.15) is 0 Å². The van der Waals surface area contributed by atoms with Crippen LogP contribution in [0.15, 0.2) is 0 Å². The van der Waals surface area contributed by atoms with E-state index in [0.717, 1.165) is 32.1 Å². The van der Waals surface area contributed by atoms with Crippen LogP contribution in [0.2, 0.25) is 0 Å². The van der Waals surface area contributed by atoms with Gasteiger partial charge in [0.25, 0.3) is 0 Å². The van der Waals surface area contributed by atoms with Crippen LogP contribution in [0.5, 0.6) is 0 Å². The van der Waals surface area contributed by atoms with Crippen LogP contribution >= 0.6 is 12.6 Å². The summed E-state index contributed by atoms with van der Waals surface area (Å²) in [6, 6.07) is 0. The lowest BCUT2D eigenvalue weighted by Gasteiger charge is -2.29. The molecule has 0 aliphatic heterocycles. The Kier molecular flexibility index (Phi) is 14.1. The molecule has 6 heteroatoms. The number of hydrogen-bond donors (Lipinski definition) is 3. The number of unbranched alkanes of at least 4 members (excludes halogenated alkanes) is 5. The number of likely N-dealkylation sites (N-methyl/N-ethyl adjacent to an activating group) is 1. The van der Waals surface area contributed by atoms with Crippen molar-refractivity contribution in [3.05, 3.63) is 0 Å². The Morgan fingerprint density at radius 2 is 1.71 bits per heavy atom. The van der Waals surface area contributed by atoms with Crippen LogP contribution in [-0.2, 0) is 9.59 Å². The van der Waals surface area contributed by atoms with Gasteiger partial charge in [-0.05, 0) is 12.8 Å². The first kappa shape index (κ1) is 23.2. The van der Waals surface area contributed by atoms with Crippen LogP contribution in [-0.4, -0.2) is 53.8 Å². The summed E-state index contributed by atoms with van der Waals surface area (Å²) >= 11 is 4.16. The van der Waals surface area contributed by atoms with Crippen LogP contribution in [0.1, 0.15) is 65.2 Å². The van der Waals surface area contributed by atoms with Crippen LogP contribution in [0, 0.1) is 5.92 Å². The molecule has 0 aliphatic carbocycles. The van der Waals surface area contributed by atoms with Crippen molar-refractivity contribution in [1.29, 1.82) is 0 Å². The largest absolute Gasteiger partial charge is 0.391 e. The summed E-state index contributed by atoms with van der Waals surface area (Å²) in [5.41, 5.74) is 0. The van der Waals surface area contributed by atoms with E-state index in [-0.39, 0.29) is 24.1 Å². The number of nitrogens with one attached hydrogen (secondary N) is 1. The molecule has 0 rings (SSSR count). The number of thiol groups is 1. The van der Waals surface area contributed by atoms with Crippen LogP contribution in [0.3, 0.4) is 0 Å². The zero-order valence-corrected chi connectivity index (χ0v) is 16.5. The summed E-state index contributed by atoms with van der Waals surface area (Å²) in [5.74, 6) is -0.510. The van der Waals surface area contributed by atoms with Gasteiger partial charge >= 0.3 is 0 Å². The van der Waals surface area contributed by atoms with Crippen molar-refractivity contribution in [3.63, 3.8) is 0 Å². The van der Waals surface area contributed by atoms with Crippen molar-refractivity contribution >= 4 is 24.4 Å². The molecule has 142 valence electrons. The van der Waals surface area contributed by atoms with Gasteiger partial charge < -0.3 is 15.3 Å². The zero-order chi connectivity index (χ0) is 18.4. The quantitative estimate of drug-likeness (QED) is 0.329. The highest BCUT2D eigenvalue weighted by molar-refractivity contribution is 7.80. The Balaban J connectivity index is 4.82. The molecule has 0 spiro atoms. The predicted octanol–water partition coefficient (Wildman–Crippen LogP) is 2.63. The van der Waals surface area contributed by atoms with E-state index < -0.39 is 12.0 Å². The van der Waals surface area contributed by atoms with E-state index in [1.165, 1.54) is 12.8 Å². The molecule has 2 N–H and O–H groups in total. The van der Waals surface area contributed by atoms with Gasteiger partial charge in [-0.2, -0.15) is 12.6 Å². The summed E-state index contributed by atoms with van der Waals surface area (Å²) < 4.78 is 0. The molecule has 0 saturated heterocycles. The Bertz CT molecular complexity index is 353. The fourth-order valence-electron chi connectivity index (χ4n) is 2.68. The van der Waals surface area contributed by atoms with E-state index in [1.807, 2.05) is 0 Å². The molecule has 0 heterocycles. The lowest BCUT2D eigenvalue weighted by atomic mass is 9.94. The van der Waals surface area contributed by atoms with Crippen molar-refractivity contribution in [1.82, 2.24) is 10.2 Å². The van der Waals surface area contributed by atoms with E-state index in [4.69, 9.17) is 0 Å². The summed E-state index contributed by atoms with van der Waals surface area (Å²) in [6.07, 6.45) is 7.22. The van der Waals surface area contributed by atoms with Gasteiger partial charge in [-0.15, -0.1) is 0 Å². The molecule has 0 fully saturated rings. The smallest absolute Gasteiger partial charge is 0.239 e. The lowest BCUT2D eigenvalue weighted by molar-refractivity contribution is -0.142. The monoisotopic (exact) mass is 360 g/mol. The minimum absolute atomic E-state index is 0.0565. The van der Waals surface area contributed by atoms with E-state index in [9.17, 15) is 14.7 Å². The maximum atomic E-state index is 12.9. The first-order valence-electron chi connectivity index (χ1n) is 9.30. The van der Waals surface area contributed by atoms with E-state index in [0.29, 0.717) is 13.0 Å². The molecular weight excluding hydrogens is 324 g/mol. The number of aliphatic hydroxyl groups excluding tert-OH is 1. The molecule has 0 aromatic rings. The third-order valence-electron chi connectivity index (χ3n) is 4.29. The second-order valence-electron chi connectivity index (χ2n) is 6.35. The second kappa shape index (κ2) is 14.6. The number of carbonyl (C=O) groups is 2. The molecule has 0 aromatic carbocycles. The summed E-state index contributed by atoms with van der Waals surface area (Å²) in [4.78, 5) is 26.2. The highest BCUT2D eigenvalue weighted by Gasteiger charge is 2.30. The molecule has 0 saturated carbocycles. The normalized spacial score (nSPS) is 13.4. The van der Waals surface area contributed by atoms with Gasteiger partial charge in [0.2, 0.25) is 11.8 Å². The molecule has 0 bridgehead atoms. The average Bonchev–Trinajstić information content (AvgIpc) is 2.60. The predicted molar refractivity (Wildman–Crippen MR) is 102 cm³/mol. The van der Waals surface area contributed by atoms with Gasteiger partial charge in [-0.25, -0.2) is 0 Å². The Morgan fingerprint density at radius 1 is 1.08 bits per heavy atom. The number of hydrogen-bond acceptors (Lipinski definition) is 4. The Labute approximate surface area is 153 Å². The molecule has 2 atom stereocenters. The third kappa shape index (κ3) is 9.52. The van der Waals surface area contributed by atoms with Crippen molar-refractivity contribution in [2.24, 2.45) is 5.92 Å². The number of aliphatic hydroxyl groups is 1. The molecule has 1 unspecified atom stereocenters. The van der Waals surface area contributed by atoms with E-state index in [1.54, 1.807) is 11.9 Å². The molecule has 2 amide bonds. The van der Waals surface area contributed by atoms with Crippen molar-refractivity contribution in [2.45, 2.75) is 71.3 Å². The summed E-state index contributed by atoms with van der Waals surface area (Å²) in [6.45, 7) is 4.83. The fourth-order valence-corrected chi connectivity index (χ4v) is 2.93. The topological polar surface area (TPSA) is 69.6 Å².